The van der Waals surface area contributed by atoms with Crippen LogP contribution in [0.3, 0.4) is 0 Å². The maximum absolute atomic E-state index is 10.5. The van der Waals surface area contributed by atoms with Gasteiger partial charge in [-0.25, -0.2) is 9.59 Å². The van der Waals surface area contributed by atoms with Crippen LogP contribution in [0.15, 0.2) is 24.3 Å². The molecule has 0 radical (unpaired) electrons. The van der Waals surface area contributed by atoms with Gasteiger partial charge in [0.25, 0.3) is 0 Å². The van der Waals surface area contributed by atoms with Crippen molar-refractivity contribution in [2.75, 3.05) is 13.6 Å². The van der Waals surface area contributed by atoms with Crippen molar-refractivity contribution in [3.8, 4) is 0 Å². The van der Waals surface area contributed by atoms with Crippen LogP contribution in [0.1, 0.15) is 52.8 Å². The van der Waals surface area contributed by atoms with Crippen LogP contribution in [0.25, 0.3) is 0 Å². The fraction of sp³-hybridized carbons (Fsp3) is 0.556. The van der Waals surface area contributed by atoms with Gasteiger partial charge in [-0.15, -0.1) is 0 Å². The molecule has 6 heteroatoms. The van der Waals surface area contributed by atoms with Gasteiger partial charge in [0.2, 0.25) is 0 Å². The maximum Gasteiger partial charge on any atom is 0.336 e. The number of aromatic carboxylic acids is 2. The predicted molar refractivity (Wildman–Crippen MR) is 91.3 cm³/mol. The van der Waals surface area contributed by atoms with Crippen molar-refractivity contribution in [2.24, 2.45) is 11.7 Å². The first-order chi connectivity index (χ1) is 11.4. The highest BCUT2D eigenvalue weighted by Crippen LogP contribution is 2.33. The normalized spacial score (nSPS) is 26.7. The number of carboxylic acid groups (broad SMARTS) is 2. The van der Waals surface area contributed by atoms with E-state index in [1.807, 2.05) is 0 Å². The molecule has 1 aromatic carbocycles. The predicted octanol–water partition coefficient (Wildman–Crippen LogP) is 2.29. The van der Waals surface area contributed by atoms with E-state index in [4.69, 9.17) is 15.9 Å². The number of nitrogens with two attached hydrogens (primary N) is 1. The number of benzene rings is 1. The average Bonchev–Trinajstić information content (AvgIpc) is 2.59. The number of hydrogen-bond donors (Lipinski definition) is 3. The van der Waals surface area contributed by atoms with E-state index in [0.29, 0.717) is 6.04 Å². The zero-order chi connectivity index (χ0) is 17.7. The lowest BCUT2D eigenvalue weighted by Gasteiger charge is -2.45. The molecule has 24 heavy (non-hydrogen) atoms. The zero-order valence-corrected chi connectivity index (χ0v) is 14.0. The van der Waals surface area contributed by atoms with Crippen LogP contribution in [-0.2, 0) is 0 Å². The molecule has 0 spiro atoms. The summed E-state index contributed by atoms with van der Waals surface area (Å²) in [4.78, 5) is 23.4. The Balaban J connectivity index is 0.000000174. The Labute approximate surface area is 142 Å². The highest BCUT2D eigenvalue weighted by Gasteiger charge is 2.35. The minimum Gasteiger partial charge on any atom is -0.478 e. The largest absolute Gasteiger partial charge is 0.478 e. The number of piperidine rings is 1. The van der Waals surface area contributed by atoms with E-state index < -0.39 is 11.9 Å². The highest BCUT2D eigenvalue weighted by atomic mass is 16.4. The number of carboxylic acids is 2. The van der Waals surface area contributed by atoms with Crippen molar-refractivity contribution in [3.05, 3.63) is 35.4 Å². The van der Waals surface area contributed by atoms with E-state index in [2.05, 4.69) is 11.9 Å². The molecule has 1 saturated carbocycles. The minimum atomic E-state index is -1.23. The number of rotatable bonds is 2. The van der Waals surface area contributed by atoms with E-state index in [9.17, 15) is 9.59 Å². The molecule has 1 heterocycles. The van der Waals surface area contributed by atoms with Crippen molar-refractivity contribution in [3.63, 3.8) is 0 Å². The van der Waals surface area contributed by atoms with E-state index in [1.165, 1.54) is 62.9 Å². The molecule has 0 bridgehead atoms. The molecular weight excluding hydrogens is 308 g/mol. The summed E-state index contributed by atoms with van der Waals surface area (Å²) >= 11 is 0. The van der Waals surface area contributed by atoms with Crippen molar-refractivity contribution >= 4 is 11.9 Å². The molecule has 1 aromatic rings. The first-order valence-electron chi connectivity index (χ1n) is 8.43. The molecule has 1 unspecified atom stereocenters. The van der Waals surface area contributed by atoms with Crippen LogP contribution in [0.4, 0.5) is 0 Å². The summed E-state index contributed by atoms with van der Waals surface area (Å²) in [6.07, 6.45) is 6.78. The second-order valence-corrected chi connectivity index (χ2v) is 6.60. The van der Waals surface area contributed by atoms with Gasteiger partial charge in [-0.1, -0.05) is 25.0 Å². The van der Waals surface area contributed by atoms with Gasteiger partial charge in [0.1, 0.15) is 0 Å². The van der Waals surface area contributed by atoms with E-state index >= 15 is 0 Å². The smallest absolute Gasteiger partial charge is 0.336 e. The first kappa shape index (κ1) is 18.4. The van der Waals surface area contributed by atoms with Gasteiger partial charge in [-0.3, -0.25) is 0 Å². The Bertz CT molecular complexity index is 539. The molecule has 2 aliphatic rings. The summed E-state index contributed by atoms with van der Waals surface area (Å²) in [5.41, 5.74) is 5.75. The van der Waals surface area contributed by atoms with Gasteiger partial charge in [0, 0.05) is 12.1 Å². The van der Waals surface area contributed by atoms with E-state index in [1.54, 1.807) is 0 Å². The van der Waals surface area contributed by atoms with Gasteiger partial charge in [-0.05, 0) is 50.9 Å². The van der Waals surface area contributed by atoms with Crippen molar-refractivity contribution in [2.45, 2.75) is 44.2 Å². The second-order valence-electron chi connectivity index (χ2n) is 6.60. The lowest BCUT2D eigenvalue weighted by molar-refractivity contribution is 0.0651. The molecule has 0 amide bonds. The van der Waals surface area contributed by atoms with Gasteiger partial charge in [0.15, 0.2) is 0 Å². The third-order valence-corrected chi connectivity index (χ3v) is 5.10. The third-order valence-electron chi connectivity index (χ3n) is 5.10. The Morgan fingerprint density at radius 2 is 1.58 bits per heavy atom. The Kier molecular flexibility index (Phi) is 6.34. The monoisotopic (exact) mass is 334 g/mol. The summed E-state index contributed by atoms with van der Waals surface area (Å²) in [6.45, 7) is 1.21. The molecule has 3 atom stereocenters. The Hall–Kier alpha value is -1.92. The number of nitrogens with zero attached hydrogens (tertiary/aromatic N) is 1. The fourth-order valence-corrected chi connectivity index (χ4v) is 3.78. The van der Waals surface area contributed by atoms with Crippen LogP contribution in [0.2, 0.25) is 0 Å². The van der Waals surface area contributed by atoms with E-state index in [-0.39, 0.29) is 11.1 Å². The first-order valence-corrected chi connectivity index (χ1v) is 8.43. The second kappa shape index (κ2) is 8.26. The number of carbonyl (C=O) groups is 2. The number of fused-ring (bicyclic) bond motifs is 1. The van der Waals surface area contributed by atoms with Crippen LogP contribution in [0, 0.1) is 5.92 Å². The average molecular weight is 334 g/mol. The van der Waals surface area contributed by atoms with Crippen LogP contribution < -0.4 is 5.73 Å². The molecule has 1 aliphatic heterocycles. The molecule has 4 N–H and O–H groups in total. The van der Waals surface area contributed by atoms with Crippen LogP contribution in [0.5, 0.6) is 0 Å². The third kappa shape index (κ3) is 4.33. The summed E-state index contributed by atoms with van der Waals surface area (Å²) in [6, 6.07) is 6.78. The lowest BCUT2D eigenvalue weighted by Crippen LogP contribution is -2.53. The summed E-state index contributed by atoms with van der Waals surface area (Å²) in [5, 5.41) is 17.1. The number of likely N-dealkylation sites (tertiary alicyclic amines) is 1. The molecule has 1 aliphatic carbocycles. The van der Waals surface area contributed by atoms with Gasteiger partial charge in [-0.2, -0.15) is 0 Å². The molecule has 6 nitrogen and oxygen atoms in total. The van der Waals surface area contributed by atoms with Crippen molar-refractivity contribution in [1.82, 2.24) is 4.90 Å². The lowest BCUT2D eigenvalue weighted by atomic mass is 9.76. The number of hydrogen-bond acceptors (Lipinski definition) is 4. The van der Waals surface area contributed by atoms with Crippen molar-refractivity contribution in [1.29, 1.82) is 0 Å². The topological polar surface area (TPSA) is 104 Å². The van der Waals surface area contributed by atoms with Gasteiger partial charge in [0.05, 0.1) is 11.1 Å². The molecular formula is C18H26N2O4. The summed E-state index contributed by atoms with van der Waals surface area (Å²) in [5.74, 6) is -1.65. The summed E-state index contributed by atoms with van der Waals surface area (Å²) < 4.78 is 0. The van der Waals surface area contributed by atoms with Crippen LogP contribution in [-0.4, -0.2) is 52.7 Å². The molecule has 132 valence electrons. The Morgan fingerprint density at radius 1 is 1.04 bits per heavy atom. The standard InChI is InChI=1S/C10H20N2.C8H6O4/c1-12-7-6-9(11)8-4-2-3-5-10(8)12;9-7(10)5-3-1-2-4-6(5)8(11)12/h8-10H,2-7,11H2,1H3;1-4H,(H,9,10)(H,11,12)/t8-,9?,10+;/m0./s1. The maximum atomic E-state index is 10.5. The minimum absolute atomic E-state index is 0.190. The molecule has 0 aromatic heterocycles. The molecule has 1 saturated heterocycles. The van der Waals surface area contributed by atoms with Crippen molar-refractivity contribution < 1.29 is 19.8 Å². The SMILES string of the molecule is CN1CCC(N)[C@@H]2CCCC[C@H]21.O=C(O)c1ccccc1C(=O)O. The quantitative estimate of drug-likeness (QED) is 0.766. The zero-order valence-electron chi connectivity index (χ0n) is 14.0. The van der Waals surface area contributed by atoms with Gasteiger partial charge >= 0.3 is 11.9 Å². The van der Waals surface area contributed by atoms with E-state index in [0.717, 1.165) is 12.0 Å². The fourth-order valence-electron chi connectivity index (χ4n) is 3.78. The summed E-state index contributed by atoms with van der Waals surface area (Å²) in [7, 11) is 2.26. The van der Waals surface area contributed by atoms with Crippen LogP contribution >= 0.6 is 0 Å². The molecule has 2 fully saturated rings. The van der Waals surface area contributed by atoms with Gasteiger partial charge < -0.3 is 20.8 Å². The highest BCUT2D eigenvalue weighted by molar-refractivity contribution is 6.01. The Morgan fingerprint density at radius 3 is 2.08 bits per heavy atom. The molecule has 3 rings (SSSR count).